The first kappa shape index (κ1) is 12.2. The molecule has 0 aromatic carbocycles. The number of hydrogen-bond acceptors (Lipinski definition) is 4. The molecule has 0 bridgehead atoms. The summed E-state index contributed by atoms with van der Waals surface area (Å²) in [4.78, 5) is 11.6. The van der Waals surface area contributed by atoms with E-state index in [9.17, 15) is 4.79 Å². The highest BCUT2D eigenvalue weighted by atomic mass is 32.2. The Kier molecular flexibility index (Phi) is 4.93. The highest BCUT2D eigenvalue weighted by Gasteiger charge is 2.22. The number of carbonyl (C=O) groups excluding carboxylic acids is 1. The van der Waals surface area contributed by atoms with Crippen LogP contribution < -0.4 is 10.6 Å². The van der Waals surface area contributed by atoms with Gasteiger partial charge in [0.25, 0.3) is 0 Å². The molecule has 1 unspecified atom stereocenters. The molecule has 2 fully saturated rings. The van der Waals surface area contributed by atoms with Gasteiger partial charge in [-0.3, -0.25) is 10.1 Å². The second-order valence-electron chi connectivity index (χ2n) is 4.34. The normalized spacial score (nSPS) is 26.1. The quantitative estimate of drug-likeness (QED) is 0.700. The van der Waals surface area contributed by atoms with Crippen molar-refractivity contribution in [3.05, 3.63) is 0 Å². The summed E-state index contributed by atoms with van der Waals surface area (Å²) in [6.07, 6.45) is 5.40. The van der Waals surface area contributed by atoms with Crippen LogP contribution >= 0.6 is 11.8 Å². The molecule has 1 saturated heterocycles. The molecule has 1 atom stereocenters. The molecule has 4 nitrogen and oxygen atoms in total. The molecule has 2 aliphatic rings. The van der Waals surface area contributed by atoms with Crippen LogP contribution in [0.15, 0.2) is 0 Å². The van der Waals surface area contributed by atoms with Crippen LogP contribution in [0.1, 0.15) is 25.7 Å². The van der Waals surface area contributed by atoms with E-state index < -0.39 is 0 Å². The Labute approximate surface area is 101 Å². The standard InChI is InChI=1S/C11H20N2O2S/c14-11(10-7-16-8-13-10)12-5-6-15-9-3-1-2-4-9/h9-10,13H,1-8H2,(H,12,14). The molecule has 1 saturated carbocycles. The Morgan fingerprint density at radius 2 is 2.25 bits per heavy atom. The van der Waals surface area contributed by atoms with E-state index in [1.165, 1.54) is 25.7 Å². The number of carbonyl (C=O) groups is 1. The van der Waals surface area contributed by atoms with E-state index in [0.717, 1.165) is 11.6 Å². The summed E-state index contributed by atoms with van der Waals surface area (Å²) in [5, 5.41) is 6.06. The Morgan fingerprint density at radius 1 is 1.44 bits per heavy atom. The van der Waals surface area contributed by atoms with Gasteiger partial charge in [-0.05, 0) is 12.8 Å². The first-order valence-electron chi connectivity index (χ1n) is 6.07. The largest absolute Gasteiger partial charge is 0.376 e. The van der Waals surface area contributed by atoms with Crippen molar-refractivity contribution >= 4 is 17.7 Å². The molecular formula is C11H20N2O2S. The van der Waals surface area contributed by atoms with E-state index in [2.05, 4.69) is 10.6 Å². The van der Waals surface area contributed by atoms with Crippen molar-refractivity contribution in [2.24, 2.45) is 0 Å². The van der Waals surface area contributed by atoms with Crippen LogP contribution in [0.3, 0.4) is 0 Å². The molecule has 1 aliphatic heterocycles. The number of ether oxygens (including phenoxy) is 1. The van der Waals surface area contributed by atoms with Gasteiger partial charge < -0.3 is 10.1 Å². The summed E-state index contributed by atoms with van der Waals surface area (Å²) in [6.45, 7) is 1.29. The van der Waals surface area contributed by atoms with Gasteiger partial charge in [-0.1, -0.05) is 12.8 Å². The summed E-state index contributed by atoms with van der Waals surface area (Å²) in [6, 6.07) is -0.00326. The smallest absolute Gasteiger partial charge is 0.238 e. The zero-order chi connectivity index (χ0) is 11.2. The fourth-order valence-corrected chi connectivity index (χ4v) is 3.08. The molecule has 2 N–H and O–H groups in total. The maximum atomic E-state index is 11.6. The summed E-state index contributed by atoms with van der Waals surface area (Å²) >= 11 is 1.77. The van der Waals surface area contributed by atoms with Gasteiger partial charge in [0.1, 0.15) is 0 Å². The van der Waals surface area contributed by atoms with Crippen molar-refractivity contribution in [3.8, 4) is 0 Å². The van der Waals surface area contributed by atoms with Crippen molar-refractivity contribution < 1.29 is 9.53 Å². The van der Waals surface area contributed by atoms with E-state index in [-0.39, 0.29) is 11.9 Å². The third kappa shape index (κ3) is 3.64. The van der Waals surface area contributed by atoms with Crippen LogP contribution in [0.2, 0.25) is 0 Å². The number of rotatable bonds is 5. The molecule has 1 aliphatic carbocycles. The maximum absolute atomic E-state index is 11.6. The van der Waals surface area contributed by atoms with Crippen molar-refractivity contribution in [2.45, 2.75) is 37.8 Å². The fraction of sp³-hybridized carbons (Fsp3) is 0.909. The maximum Gasteiger partial charge on any atom is 0.238 e. The second-order valence-corrected chi connectivity index (χ2v) is 5.37. The first-order chi connectivity index (χ1) is 7.86. The Bertz CT molecular complexity index is 226. The minimum absolute atomic E-state index is 0.00326. The Hall–Kier alpha value is -0.260. The lowest BCUT2D eigenvalue weighted by atomic mass is 10.3. The van der Waals surface area contributed by atoms with E-state index >= 15 is 0 Å². The van der Waals surface area contributed by atoms with Crippen molar-refractivity contribution in [1.82, 2.24) is 10.6 Å². The van der Waals surface area contributed by atoms with Gasteiger partial charge in [0.05, 0.1) is 18.8 Å². The van der Waals surface area contributed by atoms with Gasteiger partial charge in [-0.15, -0.1) is 11.8 Å². The third-order valence-corrected chi connectivity index (χ3v) is 4.03. The molecule has 0 aromatic rings. The molecule has 1 heterocycles. The predicted octanol–water partition coefficient (Wildman–Crippen LogP) is 0.724. The van der Waals surface area contributed by atoms with Crippen LogP contribution in [-0.4, -0.2) is 42.8 Å². The highest BCUT2D eigenvalue weighted by Crippen LogP contribution is 2.20. The highest BCUT2D eigenvalue weighted by molar-refractivity contribution is 7.99. The SMILES string of the molecule is O=C(NCCOC1CCCC1)C1CSCN1. The van der Waals surface area contributed by atoms with E-state index in [4.69, 9.17) is 4.74 Å². The van der Waals surface area contributed by atoms with E-state index in [1.807, 2.05) is 0 Å². The lowest BCUT2D eigenvalue weighted by molar-refractivity contribution is -0.122. The van der Waals surface area contributed by atoms with Crippen LogP contribution in [0.5, 0.6) is 0 Å². The molecule has 16 heavy (non-hydrogen) atoms. The van der Waals surface area contributed by atoms with Crippen LogP contribution in [0.4, 0.5) is 0 Å². The molecule has 92 valence electrons. The average molecular weight is 244 g/mol. The van der Waals surface area contributed by atoms with Crippen molar-refractivity contribution in [1.29, 1.82) is 0 Å². The third-order valence-electron chi connectivity index (χ3n) is 3.09. The number of amides is 1. The molecular weight excluding hydrogens is 224 g/mol. The average Bonchev–Trinajstić information content (AvgIpc) is 2.96. The lowest BCUT2D eigenvalue weighted by Crippen LogP contribution is -2.43. The molecule has 2 rings (SSSR count). The number of hydrogen-bond donors (Lipinski definition) is 2. The molecule has 0 radical (unpaired) electrons. The zero-order valence-electron chi connectivity index (χ0n) is 9.54. The monoisotopic (exact) mass is 244 g/mol. The molecule has 0 spiro atoms. The minimum Gasteiger partial charge on any atom is -0.376 e. The van der Waals surface area contributed by atoms with Crippen LogP contribution in [0, 0.1) is 0 Å². The van der Waals surface area contributed by atoms with E-state index in [1.54, 1.807) is 11.8 Å². The molecule has 0 aromatic heterocycles. The number of thioether (sulfide) groups is 1. The first-order valence-corrected chi connectivity index (χ1v) is 7.22. The second kappa shape index (κ2) is 6.47. The lowest BCUT2D eigenvalue weighted by Gasteiger charge is -2.13. The summed E-state index contributed by atoms with van der Waals surface area (Å²) in [7, 11) is 0. The van der Waals surface area contributed by atoms with Crippen molar-refractivity contribution in [2.75, 3.05) is 24.8 Å². The predicted molar refractivity (Wildman–Crippen MR) is 65.5 cm³/mol. The van der Waals surface area contributed by atoms with Gasteiger partial charge in [0, 0.05) is 18.2 Å². The summed E-state index contributed by atoms with van der Waals surface area (Å²) in [5.74, 6) is 1.88. The van der Waals surface area contributed by atoms with Crippen LogP contribution in [-0.2, 0) is 9.53 Å². The van der Waals surface area contributed by atoms with Crippen LogP contribution in [0.25, 0.3) is 0 Å². The zero-order valence-corrected chi connectivity index (χ0v) is 10.4. The number of nitrogens with one attached hydrogen (secondary N) is 2. The van der Waals surface area contributed by atoms with Gasteiger partial charge >= 0.3 is 0 Å². The van der Waals surface area contributed by atoms with Gasteiger partial charge in [-0.2, -0.15) is 0 Å². The molecule has 1 amide bonds. The van der Waals surface area contributed by atoms with Gasteiger partial charge in [0.2, 0.25) is 5.91 Å². The molecule has 5 heteroatoms. The van der Waals surface area contributed by atoms with E-state index in [0.29, 0.717) is 19.3 Å². The Balaban J connectivity index is 1.51. The minimum atomic E-state index is -0.00326. The van der Waals surface area contributed by atoms with Gasteiger partial charge in [-0.25, -0.2) is 0 Å². The fourth-order valence-electron chi connectivity index (χ4n) is 2.14. The summed E-state index contributed by atoms with van der Waals surface area (Å²) < 4.78 is 5.68. The van der Waals surface area contributed by atoms with Gasteiger partial charge in [0.15, 0.2) is 0 Å². The summed E-state index contributed by atoms with van der Waals surface area (Å²) in [5.41, 5.74) is 0. The Morgan fingerprint density at radius 3 is 2.94 bits per heavy atom. The topological polar surface area (TPSA) is 50.4 Å². The van der Waals surface area contributed by atoms with Crippen molar-refractivity contribution in [3.63, 3.8) is 0 Å².